The summed E-state index contributed by atoms with van der Waals surface area (Å²) >= 11 is 0. The molecule has 3 aromatic rings. The minimum atomic E-state index is -2.13. The number of anilines is 3. The van der Waals surface area contributed by atoms with Crippen LogP contribution in [0.1, 0.15) is 76.9 Å². The number of nitrogens with zero attached hydrogens (tertiary/aromatic N) is 3. The molecule has 0 spiro atoms. The second kappa shape index (κ2) is 22.6. The van der Waals surface area contributed by atoms with Gasteiger partial charge in [-0.25, -0.2) is 5.43 Å². The molecule has 8 N–H and O–H groups in total. The third kappa shape index (κ3) is 11.5. The molecule has 0 radical (unpaired) electrons. The maximum absolute atomic E-state index is 14.6. The van der Waals surface area contributed by atoms with E-state index in [0.717, 1.165) is 18.2 Å². The van der Waals surface area contributed by atoms with Gasteiger partial charge in [0.15, 0.2) is 5.75 Å². The number of methoxy groups -OCH3 is 1. The van der Waals surface area contributed by atoms with Crippen molar-refractivity contribution in [2.24, 2.45) is 28.8 Å². The van der Waals surface area contributed by atoms with E-state index >= 15 is 0 Å². The molecule has 20 nitrogen and oxygen atoms in total. The Labute approximate surface area is 417 Å². The molecule has 0 aromatic heterocycles. The smallest absolute Gasteiger partial charge is 0.312 e. The van der Waals surface area contributed by atoms with Crippen molar-refractivity contribution in [3.8, 4) is 23.0 Å². The van der Waals surface area contributed by atoms with Crippen LogP contribution >= 0.6 is 0 Å². The summed E-state index contributed by atoms with van der Waals surface area (Å²) in [5.74, 6) is -9.95. The number of rotatable bonds is 8. The van der Waals surface area contributed by atoms with E-state index < -0.39 is 106 Å². The molecule has 0 unspecified atom stereocenters. The Balaban J connectivity index is 1.36. The molecule has 5 bridgehead atoms. The Morgan fingerprint density at radius 1 is 0.903 bits per heavy atom. The van der Waals surface area contributed by atoms with Crippen LogP contribution in [0.5, 0.6) is 23.0 Å². The van der Waals surface area contributed by atoms with Crippen LogP contribution in [0.15, 0.2) is 65.5 Å². The first-order valence-corrected chi connectivity index (χ1v) is 23.7. The summed E-state index contributed by atoms with van der Waals surface area (Å²) in [6.07, 6.45) is 4.17. The van der Waals surface area contributed by atoms with Gasteiger partial charge in [0.2, 0.25) is 5.91 Å². The third-order valence-electron chi connectivity index (χ3n) is 13.7. The molecular weight excluding hydrogens is 933 g/mol. The van der Waals surface area contributed by atoms with Crippen molar-refractivity contribution in [3.05, 3.63) is 77.1 Å². The predicted octanol–water partition coefficient (Wildman–Crippen LogP) is 4.98. The van der Waals surface area contributed by atoms with Crippen LogP contribution in [0, 0.1) is 30.6 Å². The van der Waals surface area contributed by atoms with Gasteiger partial charge < -0.3 is 60.0 Å². The van der Waals surface area contributed by atoms with Crippen molar-refractivity contribution >= 4 is 63.5 Å². The zero-order chi connectivity index (χ0) is 52.9. The van der Waals surface area contributed by atoms with E-state index in [1.807, 2.05) is 29.2 Å². The fourth-order valence-electron chi connectivity index (χ4n) is 9.40. The first kappa shape index (κ1) is 54.3. The number of Topliss-reactive ketones (excluding diaryl/α,β-unsaturated/α-hetero) is 1. The lowest BCUT2D eigenvalue weighted by Crippen LogP contribution is -2.49. The summed E-state index contributed by atoms with van der Waals surface area (Å²) in [5, 5.41) is 67.5. The molecule has 1 fully saturated rings. The molecule has 3 aromatic carbocycles. The highest BCUT2D eigenvalue weighted by Gasteiger charge is 2.50. The van der Waals surface area contributed by atoms with Crippen molar-refractivity contribution in [1.82, 2.24) is 10.3 Å². The minimum Gasteiger partial charge on any atom is -0.507 e. The number of carbonyl (C=O) groups excluding carboxylic acids is 5. The van der Waals surface area contributed by atoms with E-state index in [-0.39, 0.29) is 45.9 Å². The summed E-state index contributed by atoms with van der Waals surface area (Å²) in [5.41, 5.74) is 3.10. The highest BCUT2D eigenvalue weighted by atomic mass is 16.7. The number of allylic oxidation sites excluding steroid dienone is 2. The normalized spacial score (nSPS) is 28.2. The highest BCUT2D eigenvalue weighted by molar-refractivity contribution is 6.24. The predicted molar refractivity (Wildman–Crippen MR) is 269 cm³/mol. The molecule has 7 rings (SSSR count). The highest BCUT2D eigenvalue weighted by Crippen LogP contribution is 2.55. The number of carbonyl (C=O) groups is 5. The zero-order valence-corrected chi connectivity index (χ0v) is 42.2. The lowest BCUT2D eigenvalue weighted by atomic mass is 9.78. The zero-order valence-electron chi connectivity index (χ0n) is 42.2. The van der Waals surface area contributed by atoms with Crippen molar-refractivity contribution in [2.75, 3.05) is 55.4 Å². The fraction of sp³-hybridized carbons (Fsp3) is 0.462. The van der Waals surface area contributed by atoms with Gasteiger partial charge in [-0.15, -0.1) is 0 Å². The number of benzene rings is 3. The standard InChI is InChI=1S/C52H66N6O14/c1-26-12-11-13-27(2)51(68)55-42-36(24-53-56-38(61)25-57-19-21-58(22-20-57)35-16-14-34(15-17-35)54-32(7)59)46(65)39-40(47(42)66)45(64)31(6)49-41(39)50(67)52(9,72-49)70-23-18-37(69-10)28(3)48(71-33(8)60)30(5)44(63)29(4)43(26)62/h11-18,23-24,26,28-30,37,43-44,48,62-66H,19-22,25H2,1-10H3,(H,54,59)(H,55,68)(H,56,61)/b12-11+,23-18+,27-13-,53-24?/t26-,28-,29-,30-,37+,43+,44-,48-,52+/m1/s1. The van der Waals surface area contributed by atoms with E-state index in [9.17, 15) is 49.5 Å². The summed E-state index contributed by atoms with van der Waals surface area (Å²) in [7, 11) is 1.41. The molecule has 20 heteroatoms. The second-order valence-corrected chi connectivity index (χ2v) is 18.9. The number of piperazine rings is 1. The number of hydrogen-bond donors (Lipinski definition) is 8. The first-order valence-electron chi connectivity index (χ1n) is 23.7. The van der Waals surface area contributed by atoms with E-state index in [2.05, 4.69) is 26.1 Å². The van der Waals surface area contributed by atoms with Crippen molar-refractivity contribution in [2.45, 2.75) is 92.5 Å². The lowest BCUT2D eigenvalue weighted by molar-refractivity contribution is -0.160. The Morgan fingerprint density at radius 3 is 2.19 bits per heavy atom. The van der Waals surface area contributed by atoms with Gasteiger partial charge in [-0.3, -0.25) is 28.9 Å². The molecule has 4 aliphatic heterocycles. The number of nitrogens with one attached hydrogen (secondary N) is 3. The number of aliphatic hydroxyl groups is 2. The van der Waals surface area contributed by atoms with Crippen LogP contribution in [-0.4, -0.2) is 136 Å². The van der Waals surface area contributed by atoms with Crippen molar-refractivity contribution in [1.29, 1.82) is 0 Å². The summed E-state index contributed by atoms with van der Waals surface area (Å²) in [4.78, 5) is 69.6. The average molecular weight is 999 g/mol. The van der Waals surface area contributed by atoms with Crippen LogP contribution < -0.4 is 25.7 Å². The number of fused-ring (bicyclic) bond motifs is 14. The van der Waals surface area contributed by atoms with Crippen LogP contribution in [-0.2, 0) is 33.4 Å². The molecule has 72 heavy (non-hydrogen) atoms. The van der Waals surface area contributed by atoms with Gasteiger partial charge in [-0.1, -0.05) is 45.9 Å². The molecule has 4 aliphatic rings. The monoisotopic (exact) mass is 998 g/mol. The number of ether oxygens (including phenoxy) is 4. The molecule has 1 saturated heterocycles. The topological polar surface area (TPSA) is 278 Å². The first-order chi connectivity index (χ1) is 34.0. The molecule has 388 valence electrons. The number of amides is 3. The second-order valence-electron chi connectivity index (χ2n) is 18.9. The number of esters is 1. The molecule has 4 heterocycles. The summed E-state index contributed by atoms with van der Waals surface area (Å²) in [6.45, 7) is 15.9. The number of phenols is 3. The number of hydrogen-bond acceptors (Lipinski definition) is 17. The number of phenolic OH excluding ortho intramolecular Hbond substituents is 3. The molecular formula is C52H66N6O14. The Morgan fingerprint density at radius 2 is 1.57 bits per heavy atom. The minimum absolute atomic E-state index is 0.0130. The number of aliphatic hydroxyl groups excluding tert-OH is 2. The maximum Gasteiger partial charge on any atom is 0.312 e. The van der Waals surface area contributed by atoms with E-state index in [1.165, 1.54) is 60.0 Å². The van der Waals surface area contributed by atoms with Crippen molar-refractivity contribution in [3.63, 3.8) is 0 Å². The van der Waals surface area contributed by atoms with Gasteiger partial charge in [-0.05, 0) is 44.2 Å². The van der Waals surface area contributed by atoms with Crippen molar-refractivity contribution < 1.29 is 68.5 Å². The quantitative estimate of drug-likeness (QED) is 0.0486. The van der Waals surface area contributed by atoms with Crippen LogP contribution in [0.3, 0.4) is 0 Å². The summed E-state index contributed by atoms with van der Waals surface area (Å²) < 4.78 is 23.6. The number of hydrazone groups is 1. The van der Waals surface area contributed by atoms with Crippen LogP contribution in [0.4, 0.5) is 17.1 Å². The third-order valence-corrected chi connectivity index (χ3v) is 13.7. The largest absolute Gasteiger partial charge is 0.507 e. The van der Waals surface area contributed by atoms with Gasteiger partial charge in [0.05, 0.1) is 59.5 Å². The van der Waals surface area contributed by atoms with Crippen LogP contribution in [0.2, 0.25) is 0 Å². The molecule has 0 aliphatic carbocycles. The molecule has 9 atom stereocenters. The Kier molecular flexibility index (Phi) is 17.1. The number of ketones is 1. The van der Waals surface area contributed by atoms with Gasteiger partial charge in [-0.2, -0.15) is 5.10 Å². The number of aromatic hydroxyl groups is 3. The molecule has 3 amide bonds. The van der Waals surface area contributed by atoms with E-state index in [1.54, 1.807) is 33.8 Å². The van der Waals surface area contributed by atoms with Gasteiger partial charge in [0.25, 0.3) is 17.6 Å². The van der Waals surface area contributed by atoms with Gasteiger partial charge in [0.1, 0.15) is 23.4 Å². The molecule has 0 saturated carbocycles. The van der Waals surface area contributed by atoms with E-state index in [0.29, 0.717) is 31.9 Å². The van der Waals surface area contributed by atoms with E-state index in [4.69, 9.17) is 18.9 Å². The average Bonchev–Trinajstić information content (AvgIpc) is 3.60. The Bertz CT molecular complexity index is 2690. The maximum atomic E-state index is 14.6. The van der Waals surface area contributed by atoms with Gasteiger partial charge >= 0.3 is 11.8 Å². The van der Waals surface area contributed by atoms with Gasteiger partial charge in [0, 0.05) is 106 Å². The Hall–Kier alpha value is -7.00. The SMILES string of the molecule is CO[C@H]1/C=C/O[C@@]2(C)Oc3c(C)c(O)c4c(O)c(c(C=NNC(=O)CN5CCN(c6ccc(NC(C)=O)cc6)CC5)c(O)c4c3C2=O)NC(=O)/C(C)=C\C=C\[C@@H](C)[C@H](O)[C@@H](C)[C@@H](O)[C@@H](C)[C@H](OC(C)=O)[C@@H]1C. The van der Waals surface area contributed by atoms with Crippen LogP contribution in [0.25, 0.3) is 10.8 Å². The summed E-state index contributed by atoms with van der Waals surface area (Å²) in [6, 6.07) is 7.45. The fourth-order valence-corrected chi connectivity index (χ4v) is 9.40. The lowest BCUT2D eigenvalue weighted by Gasteiger charge is -2.38.